The van der Waals surface area contributed by atoms with Gasteiger partial charge in [-0.25, -0.2) is 15.0 Å². The summed E-state index contributed by atoms with van der Waals surface area (Å²) in [6.45, 7) is 0. The molecule has 0 aliphatic rings. The normalized spacial score (nSPS) is 11.2. The number of aromatic nitrogens is 3. The summed E-state index contributed by atoms with van der Waals surface area (Å²) in [5.41, 5.74) is 12.1. The van der Waals surface area contributed by atoms with Crippen LogP contribution in [0.5, 0.6) is 0 Å². The molecule has 3 heteroatoms. The van der Waals surface area contributed by atoms with Crippen LogP contribution in [0.1, 0.15) is 0 Å². The van der Waals surface area contributed by atoms with Gasteiger partial charge in [-0.15, -0.1) is 0 Å². The zero-order valence-electron chi connectivity index (χ0n) is 30.5. The third-order valence-electron chi connectivity index (χ3n) is 10.5. The van der Waals surface area contributed by atoms with Gasteiger partial charge in [0, 0.05) is 16.7 Å². The lowest BCUT2D eigenvalue weighted by atomic mass is 9.86. The monoisotopic (exact) mass is 713 g/mol. The summed E-state index contributed by atoms with van der Waals surface area (Å²) in [6, 6.07) is 74.9. The number of nitrogens with zero attached hydrogens (tertiary/aromatic N) is 3. The molecule has 0 bridgehead atoms. The van der Waals surface area contributed by atoms with E-state index in [9.17, 15) is 0 Å². The molecule has 0 radical (unpaired) electrons. The molecule has 0 aliphatic carbocycles. The fraction of sp³-hybridized carbons (Fsp3) is 0. The molecular weight excluding hydrogens is 679 g/mol. The highest BCUT2D eigenvalue weighted by Gasteiger charge is 2.17. The van der Waals surface area contributed by atoms with Gasteiger partial charge in [-0.05, 0) is 84.3 Å². The zero-order valence-corrected chi connectivity index (χ0v) is 30.5. The lowest BCUT2D eigenvalue weighted by Crippen LogP contribution is -2.00. The molecule has 1 heterocycles. The van der Waals surface area contributed by atoms with Crippen LogP contribution in [0.15, 0.2) is 212 Å². The van der Waals surface area contributed by atoms with Crippen LogP contribution >= 0.6 is 0 Å². The minimum Gasteiger partial charge on any atom is -0.208 e. The second-order valence-corrected chi connectivity index (χ2v) is 14.0. The predicted octanol–water partition coefficient (Wildman–Crippen LogP) is 13.8. The topological polar surface area (TPSA) is 38.7 Å². The van der Waals surface area contributed by atoms with Crippen molar-refractivity contribution in [1.82, 2.24) is 15.0 Å². The van der Waals surface area contributed by atoms with Crippen LogP contribution in [0.4, 0.5) is 0 Å². The minimum absolute atomic E-state index is 0.624. The van der Waals surface area contributed by atoms with E-state index in [0.29, 0.717) is 17.5 Å². The molecule has 0 N–H and O–H groups in total. The molecule has 262 valence electrons. The summed E-state index contributed by atoms with van der Waals surface area (Å²) in [4.78, 5) is 15.4. The lowest BCUT2D eigenvalue weighted by molar-refractivity contribution is 1.07. The number of hydrogen-bond acceptors (Lipinski definition) is 3. The van der Waals surface area contributed by atoms with Gasteiger partial charge in [-0.2, -0.15) is 0 Å². The zero-order chi connectivity index (χ0) is 37.3. The number of rotatable bonds is 7. The molecule has 0 amide bonds. The molecule has 10 aromatic rings. The highest BCUT2D eigenvalue weighted by atomic mass is 15.0. The van der Waals surface area contributed by atoms with Gasteiger partial charge in [-0.3, -0.25) is 0 Å². The molecule has 0 saturated carbocycles. The SMILES string of the molecule is c1ccc(-c2ccc(-c3nc(-c4cccc(-c5cccc(-c6ccccc6)c5-c5ccc6ccccc6c5)c4)nc(-c4ccc5ccccc5c4)n3)cc2)cc1. The van der Waals surface area contributed by atoms with Crippen molar-refractivity contribution in [2.45, 2.75) is 0 Å². The van der Waals surface area contributed by atoms with Crippen molar-refractivity contribution in [3.63, 3.8) is 0 Å². The van der Waals surface area contributed by atoms with Crippen LogP contribution in [0, 0.1) is 0 Å². The van der Waals surface area contributed by atoms with Gasteiger partial charge in [0.1, 0.15) is 0 Å². The Kier molecular flexibility index (Phi) is 8.51. The van der Waals surface area contributed by atoms with Crippen molar-refractivity contribution < 1.29 is 0 Å². The van der Waals surface area contributed by atoms with Gasteiger partial charge in [0.2, 0.25) is 0 Å². The lowest BCUT2D eigenvalue weighted by Gasteiger charge is -2.17. The van der Waals surface area contributed by atoms with Crippen LogP contribution < -0.4 is 0 Å². The van der Waals surface area contributed by atoms with E-state index in [-0.39, 0.29) is 0 Å². The average molecular weight is 714 g/mol. The van der Waals surface area contributed by atoms with Crippen LogP contribution in [0.2, 0.25) is 0 Å². The molecule has 1 aromatic heterocycles. The Morgan fingerprint density at radius 2 is 0.607 bits per heavy atom. The fourth-order valence-electron chi connectivity index (χ4n) is 7.67. The molecule has 3 nitrogen and oxygen atoms in total. The highest BCUT2D eigenvalue weighted by molar-refractivity contribution is 5.98. The highest BCUT2D eigenvalue weighted by Crippen LogP contribution is 2.42. The van der Waals surface area contributed by atoms with Gasteiger partial charge in [-0.1, -0.05) is 194 Å². The van der Waals surface area contributed by atoms with Crippen molar-refractivity contribution in [3.05, 3.63) is 212 Å². The Bertz CT molecular complexity index is 3010. The van der Waals surface area contributed by atoms with Gasteiger partial charge in [0.25, 0.3) is 0 Å². The van der Waals surface area contributed by atoms with Crippen LogP contribution in [-0.4, -0.2) is 15.0 Å². The van der Waals surface area contributed by atoms with Crippen LogP contribution in [0.25, 0.3) is 100 Å². The first-order valence-electron chi connectivity index (χ1n) is 18.9. The molecule has 0 spiro atoms. The van der Waals surface area contributed by atoms with Crippen molar-refractivity contribution in [1.29, 1.82) is 0 Å². The first-order valence-corrected chi connectivity index (χ1v) is 18.9. The Morgan fingerprint density at radius 1 is 0.214 bits per heavy atom. The third kappa shape index (κ3) is 6.42. The smallest absolute Gasteiger partial charge is 0.164 e. The van der Waals surface area contributed by atoms with Crippen molar-refractivity contribution in [3.8, 4) is 78.7 Å². The molecule has 0 aliphatic heterocycles. The Morgan fingerprint density at radius 3 is 1.25 bits per heavy atom. The Labute approximate surface area is 326 Å². The summed E-state index contributed by atoms with van der Waals surface area (Å²) in [7, 11) is 0. The maximum Gasteiger partial charge on any atom is 0.164 e. The maximum atomic E-state index is 5.16. The van der Waals surface area contributed by atoms with Gasteiger partial charge in [0.05, 0.1) is 0 Å². The van der Waals surface area contributed by atoms with Gasteiger partial charge >= 0.3 is 0 Å². The summed E-state index contributed by atoms with van der Waals surface area (Å²) >= 11 is 0. The van der Waals surface area contributed by atoms with E-state index in [1.165, 1.54) is 44.0 Å². The van der Waals surface area contributed by atoms with Crippen molar-refractivity contribution in [2.24, 2.45) is 0 Å². The summed E-state index contributed by atoms with van der Waals surface area (Å²) in [5.74, 6) is 1.89. The number of fused-ring (bicyclic) bond motifs is 2. The third-order valence-corrected chi connectivity index (χ3v) is 10.5. The predicted molar refractivity (Wildman–Crippen MR) is 233 cm³/mol. The molecule has 0 unspecified atom stereocenters. The second kappa shape index (κ2) is 14.4. The van der Waals surface area contributed by atoms with E-state index < -0.39 is 0 Å². The van der Waals surface area contributed by atoms with E-state index in [1.807, 2.05) is 6.07 Å². The van der Waals surface area contributed by atoms with E-state index >= 15 is 0 Å². The fourth-order valence-corrected chi connectivity index (χ4v) is 7.67. The standard InChI is InChI=1S/C53H35N3/c1-3-13-36(14-4-1)39-25-29-41(30-26-39)51-54-52(56-53(55-51)47-32-28-38-16-8-10-20-43(38)34-47)46-22-11-21-44(35-46)49-24-12-23-48(40-17-5-2-6-18-40)50(49)45-31-27-37-15-7-9-19-42(37)33-45/h1-35H. The first kappa shape index (κ1) is 33.1. The number of benzene rings is 9. The molecule has 56 heavy (non-hydrogen) atoms. The van der Waals surface area contributed by atoms with Gasteiger partial charge in [0.15, 0.2) is 17.5 Å². The van der Waals surface area contributed by atoms with E-state index in [1.54, 1.807) is 0 Å². The molecular formula is C53H35N3. The van der Waals surface area contributed by atoms with E-state index in [4.69, 9.17) is 15.0 Å². The molecule has 0 atom stereocenters. The van der Waals surface area contributed by atoms with Gasteiger partial charge < -0.3 is 0 Å². The summed E-state index contributed by atoms with van der Waals surface area (Å²) < 4.78 is 0. The minimum atomic E-state index is 0.624. The Balaban J connectivity index is 1.13. The molecule has 10 rings (SSSR count). The van der Waals surface area contributed by atoms with Crippen molar-refractivity contribution >= 4 is 21.5 Å². The molecule has 0 saturated heterocycles. The maximum absolute atomic E-state index is 5.16. The van der Waals surface area contributed by atoms with E-state index in [0.717, 1.165) is 38.8 Å². The largest absolute Gasteiger partial charge is 0.208 e. The molecule has 9 aromatic carbocycles. The quantitative estimate of drug-likeness (QED) is 0.165. The summed E-state index contributed by atoms with van der Waals surface area (Å²) in [5, 5.41) is 4.75. The van der Waals surface area contributed by atoms with E-state index in [2.05, 4.69) is 206 Å². The van der Waals surface area contributed by atoms with Crippen molar-refractivity contribution in [2.75, 3.05) is 0 Å². The second-order valence-electron chi connectivity index (χ2n) is 14.0. The summed E-state index contributed by atoms with van der Waals surface area (Å²) in [6.07, 6.45) is 0. The van der Waals surface area contributed by atoms with Crippen LogP contribution in [0.3, 0.4) is 0 Å². The first-order chi connectivity index (χ1) is 27.7. The average Bonchev–Trinajstić information content (AvgIpc) is 3.29. The van der Waals surface area contributed by atoms with Crippen LogP contribution in [-0.2, 0) is 0 Å². The number of hydrogen-bond donors (Lipinski definition) is 0. The molecule has 0 fully saturated rings. The Hall–Kier alpha value is -7.49.